The van der Waals surface area contributed by atoms with Crippen LogP contribution in [0, 0.1) is 0 Å². The number of hydrogen-bond acceptors (Lipinski definition) is 4. The number of rotatable bonds is 4. The van der Waals surface area contributed by atoms with Gasteiger partial charge in [-0.25, -0.2) is 0 Å². The van der Waals surface area contributed by atoms with Gasteiger partial charge >= 0.3 is 0 Å². The van der Waals surface area contributed by atoms with Crippen molar-refractivity contribution in [3.63, 3.8) is 0 Å². The normalized spacial score (nSPS) is 14.4. The lowest BCUT2D eigenvalue weighted by Gasteiger charge is -2.18. The van der Waals surface area contributed by atoms with Crippen molar-refractivity contribution in [2.45, 2.75) is 12.2 Å². The van der Waals surface area contributed by atoms with Crippen molar-refractivity contribution < 1.29 is 20.1 Å². The SMILES string of the molecule is O=C(CO)[C@@H](O)[C@H](O)c1cccc2ccccc12. The van der Waals surface area contributed by atoms with Gasteiger partial charge in [-0.05, 0) is 16.3 Å². The first-order valence-corrected chi connectivity index (χ1v) is 5.62. The van der Waals surface area contributed by atoms with Gasteiger partial charge in [-0.1, -0.05) is 42.5 Å². The van der Waals surface area contributed by atoms with E-state index in [1.165, 1.54) is 0 Å². The number of carbonyl (C=O) groups is 1. The first-order valence-electron chi connectivity index (χ1n) is 5.62. The number of ketones is 1. The maximum Gasteiger partial charge on any atom is 0.189 e. The summed E-state index contributed by atoms with van der Waals surface area (Å²) >= 11 is 0. The standard InChI is InChI=1S/C14H14O4/c15-8-12(16)14(18)13(17)11-7-3-5-9-4-1-2-6-10(9)11/h1-7,13-15,17-18H,8H2/t13-,14-/m1/s1. The zero-order chi connectivity index (χ0) is 13.1. The van der Waals surface area contributed by atoms with Crippen LogP contribution < -0.4 is 0 Å². The molecule has 0 unspecified atom stereocenters. The van der Waals surface area contributed by atoms with Gasteiger partial charge in [0.1, 0.15) is 18.8 Å². The molecule has 0 fully saturated rings. The Balaban J connectivity index is 2.44. The Hall–Kier alpha value is -1.75. The predicted molar refractivity (Wildman–Crippen MR) is 67.0 cm³/mol. The number of aliphatic hydroxyl groups excluding tert-OH is 3. The van der Waals surface area contributed by atoms with Crippen LogP contribution >= 0.6 is 0 Å². The Morgan fingerprint density at radius 1 is 1.06 bits per heavy atom. The Bertz CT molecular complexity index is 559. The molecule has 2 aromatic carbocycles. The molecule has 0 radical (unpaired) electrons. The number of aliphatic hydroxyl groups is 3. The Labute approximate surface area is 104 Å². The fraction of sp³-hybridized carbons (Fsp3) is 0.214. The molecule has 0 aromatic heterocycles. The van der Waals surface area contributed by atoms with Crippen LogP contribution in [0.5, 0.6) is 0 Å². The van der Waals surface area contributed by atoms with Crippen LogP contribution in [0.15, 0.2) is 42.5 Å². The van der Waals surface area contributed by atoms with E-state index >= 15 is 0 Å². The summed E-state index contributed by atoms with van der Waals surface area (Å²) in [6.45, 7) is -0.789. The summed E-state index contributed by atoms with van der Waals surface area (Å²) in [6, 6.07) is 12.7. The van der Waals surface area contributed by atoms with Gasteiger partial charge in [-0.2, -0.15) is 0 Å². The highest BCUT2D eigenvalue weighted by molar-refractivity contribution is 5.88. The summed E-state index contributed by atoms with van der Waals surface area (Å²) < 4.78 is 0. The van der Waals surface area contributed by atoms with Crippen molar-refractivity contribution in [2.24, 2.45) is 0 Å². The molecular formula is C14H14O4. The second-order valence-corrected chi connectivity index (χ2v) is 4.08. The molecule has 18 heavy (non-hydrogen) atoms. The third-order valence-corrected chi connectivity index (χ3v) is 2.93. The number of fused-ring (bicyclic) bond motifs is 1. The minimum absolute atomic E-state index is 0.474. The molecule has 0 aliphatic carbocycles. The first-order chi connectivity index (χ1) is 8.65. The highest BCUT2D eigenvalue weighted by Gasteiger charge is 2.25. The van der Waals surface area contributed by atoms with Crippen LogP contribution in [0.1, 0.15) is 11.7 Å². The average Bonchev–Trinajstić information content (AvgIpc) is 2.44. The van der Waals surface area contributed by atoms with Gasteiger partial charge in [0.25, 0.3) is 0 Å². The minimum atomic E-state index is -1.61. The van der Waals surface area contributed by atoms with Crippen LogP contribution in [0.4, 0.5) is 0 Å². The molecule has 0 amide bonds. The summed E-state index contributed by atoms with van der Waals surface area (Å²) in [5.74, 6) is -0.796. The van der Waals surface area contributed by atoms with E-state index in [0.717, 1.165) is 10.8 Å². The molecule has 3 N–H and O–H groups in total. The zero-order valence-corrected chi connectivity index (χ0v) is 9.65. The molecule has 0 heterocycles. The van der Waals surface area contributed by atoms with Crippen molar-refractivity contribution in [2.75, 3.05) is 6.61 Å². The molecule has 94 valence electrons. The van der Waals surface area contributed by atoms with E-state index in [2.05, 4.69) is 0 Å². The molecule has 0 aliphatic heterocycles. The molecule has 4 nitrogen and oxygen atoms in total. The van der Waals surface area contributed by atoms with Gasteiger partial charge in [0.15, 0.2) is 5.78 Å². The van der Waals surface area contributed by atoms with Gasteiger partial charge in [0, 0.05) is 0 Å². The van der Waals surface area contributed by atoms with Crippen LogP contribution in [-0.4, -0.2) is 33.8 Å². The quantitative estimate of drug-likeness (QED) is 0.745. The third kappa shape index (κ3) is 2.26. The minimum Gasteiger partial charge on any atom is -0.388 e. The third-order valence-electron chi connectivity index (χ3n) is 2.93. The van der Waals surface area contributed by atoms with Crippen LogP contribution in [0.25, 0.3) is 10.8 Å². The fourth-order valence-electron chi connectivity index (χ4n) is 1.95. The van der Waals surface area contributed by atoms with Crippen LogP contribution in [0.2, 0.25) is 0 Å². The molecular weight excluding hydrogens is 232 g/mol. The lowest BCUT2D eigenvalue weighted by molar-refractivity contribution is -0.135. The Morgan fingerprint density at radius 2 is 1.72 bits per heavy atom. The molecule has 2 rings (SSSR count). The second-order valence-electron chi connectivity index (χ2n) is 4.08. The summed E-state index contributed by atoms with van der Waals surface area (Å²) in [6.07, 6.45) is -2.95. The summed E-state index contributed by atoms with van der Waals surface area (Å²) in [5.41, 5.74) is 0.474. The fourth-order valence-corrected chi connectivity index (χ4v) is 1.95. The van der Waals surface area contributed by atoms with E-state index in [0.29, 0.717) is 5.56 Å². The van der Waals surface area contributed by atoms with Crippen molar-refractivity contribution in [3.05, 3.63) is 48.0 Å². The molecule has 0 bridgehead atoms. The van der Waals surface area contributed by atoms with Crippen molar-refractivity contribution >= 4 is 16.6 Å². The number of benzene rings is 2. The van der Waals surface area contributed by atoms with Gasteiger partial charge in [0.2, 0.25) is 0 Å². The van der Waals surface area contributed by atoms with Crippen molar-refractivity contribution in [1.82, 2.24) is 0 Å². The largest absolute Gasteiger partial charge is 0.388 e. The van der Waals surface area contributed by atoms with Gasteiger partial charge in [-0.3, -0.25) is 4.79 Å². The topological polar surface area (TPSA) is 77.8 Å². The smallest absolute Gasteiger partial charge is 0.189 e. The van der Waals surface area contributed by atoms with E-state index in [1.807, 2.05) is 30.3 Å². The summed E-state index contributed by atoms with van der Waals surface area (Å²) in [4.78, 5) is 11.2. The molecule has 4 heteroatoms. The lowest BCUT2D eigenvalue weighted by atomic mass is 9.96. The second kappa shape index (κ2) is 5.27. The number of carbonyl (C=O) groups excluding carboxylic acids is 1. The highest BCUT2D eigenvalue weighted by atomic mass is 16.3. The van der Waals surface area contributed by atoms with Crippen LogP contribution in [0.3, 0.4) is 0 Å². The summed E-state index contributed by atoms with van der Waals surface area (Å²) in [7, 11) is 0. The predicted octanol–water partition coefficient (Wildman–Crippen LogP) is 0.796. The molecule has 2 aromatic rings. The van der Waals surface area contributed by atoms with E-state index < -0.39 is 24.6 Å². The molecule has 0 aliphatic rings. The zero-order valence-electron chi connectivity index (χ0n) is 9.65. The average molecular weight is 246 g/mol. The summed E-state index contributed by atoms with van der Waals surface area (Å²) in [5, 5.41) is 30.0. The Kier molecular flexibility index (Phi) is 3.72. The maximum atomic E-state index is 11.2. The van der Waals surface area contributed by atoms with E-state index in [1.54, 1.807) is 12.1 Å². The van der Waals surface area contributed by atoms with Crippen LogP contribution in [-0.2, 0) is 4.79 Å². The van der Waals surface area contributed by atoms with Crippen molar-refractivity contribution in [1.29, 1.82) is 0 Å². The number of hydrogen-bond donors (Lipinski definition) is 3. The van der Waals surface area contributed by atoms with E-state index in [4.69, 9.17) is 5.11 Å². The van der Waals surface area contributed by atoms with Gasteiger partial charge < -0.3 is 15.3 Å². The Morgan fingerprint density at radius 3 is 2.44 bits per heavy atom. The molecule has 0 spiro atoms. The first kappa shape index (κ1) is 12.7. The molecule has 0 saturated carbocycles. The van der Waals surface area contributed by atoms with Gasteiger partial charge in [-0.15, -0.1) is 0 Å². The lowest BCUT2D eigenvalue weighted by Crippen LogP contribution is -2.30. The maximum absolute atomic E-state index is 11.2. The highest BCUT2D eigenvalue weighted by Crippen LogP contribution is 2.26. The number of Topliss-reactive ketones (excluding diaryl/α,β-unsaturated/α-hetero) is 1. The van der Waals surface area contributed by atoms with E-state index in [9.17, 15) is 15.0 Å². The monoisotopic (exact) mass is 246 g/mol. The van der Waals surface area contributed by atoms with Crippen molar-refractivity contribution in [3.8, 4) is 0 Å². The molecule has 0 saturated heterocycles. The van der Waals surface area contributed by atoms with Gasteiger partial charge in [0.05, 0.1) is 0 Å². The van der Waals surface area contributed by atoms with E-state index in [-0.39, 0.29) is 0 Å². The molecule has 2 atom stereocenters.